The summed E-state index contributed by atoms with van der Waals surface area (Å²) in [7, 11) is -4.04. The highest BCUT2D eigenvalue weighted by Crippen LogP contribution is 2.29. The summed E-state index contributed by atoms with van der Waals surface area (Å²) in [6.07, 6.45) is 1.57. The second kappa shape index (κ2) is 8.28. The topological polar surface area (TPSA) is 102 Å². The van der Waals surface area contributed by atoms with Crippen molar-refractivity contribution in [2.45, 2.75) is 11.3 Å². The van der Waals surface area contributed by atoms with E-state index in [1.54, 1.807) is 48.5 Å². The first kappa shape index (κ1) is 20.3. The molecule has 2 aromatic carbocycles. The molecule has 1 aromatic heterocycles. The normalized spacial score (nSPS) is 11.2. The van der Waals surface area contributed by atoms with E-state index in [0.29, 0.717) is 21.8 Å². The molecule has 0 saturated carbocycles. The summed E-state index contributed by atoms with van der Waals surface area (Å²) in [5, 5.41) is 8.90. The molecule has 0 radical (unpaired) electrons. The highest BCUT2D eigenvalue weighted by molar-refractivity contribution is 7.89. The van der Waals surface area contributed by atoms with Crippen LogP contribution in [0.5, 0.6) is 0 Å². The SMILES string of the molecule is NS(=O)(=O)c1cc(NC(=O)Cc2ccc(Cl)cc2)ccc1-c1ccc(Cl)nc1. The minimum Gasteiger partial charge on any atom is -0.326 e. The van der Waals surface area contributed by atoms with Gasteiger partial charge in [-0.3, -0.25) is 4.79 Å². The van der Waals surface area contributed by atoms with Crippen molar-refractivity contribution in [3.8, 4) is 11.1 Å². The van der Waals surface area contributed by atoms with Gasteiger partial charge in [-0.15, -0.1) is 0 Å². The monoisotopic (exact) mass is 435 g/mol. The van der Waals surface area contributed by atoms with Crippen LogP contribution in [0, 0.1) is 0 Å². The lowest BCUT2D eigenvalue weighted by Gasteiger charge is -2.12. The van der Waals surface area contributed by atoms with Gasteiger partial charge in [0.05, 0.1) is 11.3 Å². The van der Waals surface area contributed by atoms with Gasteiger partial charge in [0.15, 0.2) is 0 Å². The number of nitrogens with two attached hydrogens (primary N) is 1. The maximum atomic E-state index is 12.3. The van der Waals surface area contributed by atoms with Gasteiger partial charge in [-0.1, -0.05) is 41.4 Å². The zero-order valence-electron chi connectivity index (χ0n) is 14.4. The molecule has 0 fully saturated rings. The van der Waals surface area contributed by atoms with Crippen molar-refractivity contribution in [2.75, 3.05) is 5.32 Å². The second-order valence-electron chi connectivity index (χ2n) is 5.98. The number of nitrogens with zero attached hydrogens (tertiary/aromatic N) is 1. The number of hydrogen-bond acceptors (Lipinski definition) is 4. The van der Waals surface area contributed by atoms with Gasteiger partial charge in [-0.25, -0.2) is 18.5 Å². The lowest BCUT2D eigenvalue weighted by atomic mass is 10.1. The van der Waals surface area contributed by atoms with Gasteiger partial charge in [-0.05, 0) is 42.0 Å². The number of pyridine rings is 1. The molecular weight excluding hydrogens is 421 g/mol. The van der Waals surface area contributed by atoms with Crippen LogP contribution < -0.4 is 10.5 Å². The number of primary sulfonamides is 1. The van der Waals surface area contributed by atoms with E-state index in [9.17, 15) is 13.2 Å². The quantitative estimate of drug-likeness (QED) is 0.593. The minimum atomic E-state index is -4.04. The average Bonchev–Trinajstić information content (AvgIpc) is 2.64. The van der Waals surface area contributed by atoms with E-state index in [-0.39, 0.29) is 22.4 Å². The van der Waals surface area contributed by atoms with E-state index < -0.39 is 10.0 Å². The predicted molar refractivity (Wildman–Crippen MR) is 110 cm³/mol. The van der Waals surface area contributed by atoms with Crippen LogP contribution in [-0.4, -0.2) is 19.3 Å². The molecule has 3 rings (SSSR count). The summed E-state index contributed by atoms with van der Waals surface area (Å²) in [6.45, 7) is 0. The van der Waals surface area contributed by atoms with Crippen LogP contribution in [0.2, 0.25) is 10.2 Å². The van der Waals surface area contributed by atoms with Gasteiger partial charge < -0.3 is 5.32 Å². The minimum absolute atomic E-state index is 0.116. The molecule has 0 saturated heterocycles. The van der Waals surface area contributed by atoms with Crippen LogP contribution >= 0.6 is 23.2 Å². The second-order valence-corrected chi connectivity index (χ2v) is 8.33. The van der Waals surface area contributed by atoms with E-state index >= 15 is 0 Å². The van der Waals surface area contributed by atoms with Crippen molar-refractivity contribution < 1.29 is 13.2 Å². The molecule has 0 aliphatic rings. The van der Waals surface area contributed by atoms with Crippen LogP contribution in [0.3, 0.4) is 0 Å². The Balaban J connectivity index is 1.87. The molecule has 28 heavy (non-hydrogen) atoms. The van der Waals surface area contributed by atoms with Crippen LogP contribution in [0.1, 0.15) is 5.56 Å². The molecule has 1 amide bonds. The molecule has 1 heterocycles. The predicted octanol–water partition coefficient (Wildman–Crippen LogP) is 3.88. The Morgan fingerprint density at radius 1 is 1.04 bits per heavy atom. The Hall–Kier alpha value is -2.45. The molecule has 0 aliphatic carbocycles. The van der Waals surface area contributed by atoms with E-state index in [1.165, 1.54) is 12.3 Å². The van der Waals surface area contributed by atoms with Crippen molar-refractivity contribution in [2.24, 2.45) is 5.14 Å². The van der Waals surface area contributed by atoms with Gasteiger partial charge in [0, 0.05) is 28.0 Å². The van der Waals surface area contributed by atoms with Gasteiger partial charge in [-0.2, -0.15) is 0 Å². The number of carbonyl (C=O) groups excluding carboxylic acids is 1. The summed E-state index contributed by atoms with van der Waals surface area (Å²) in [5.41, 5.74) is 1.99. The lowest BCUT2D eigenvalue weighted by molar-refractivity contribution is -0.115. The van der Waals surface area contributed by atoms with Gasteiger partial charge in [0.2, 0.25) is 15.9 Å². The summed E-state index contributed by atoms with van der Waals surface area (Å²) < 4.78 is 24.1. The standard InChI is InChI=1S/C19H15Cl2N3O3S/c20-14-4-1-12(2-5-14)9-19(25)24-15-6-7-16(17(10-15)28(22,26)27)13-3-8-18(21)23-11-13/h1-8,10-11H,9H2,(H,24,25)(H2,22,26,27). The Morgan fingerprint density at radius 3 is 2.36 bits per heavy atom. The molecule has 144 valence electrons. The van der Waals surface area contributed by atoms with Crippen molar-refractivity contribution >= 4 is 44.8 Å². The van der Waals surface area contributed by atoms with Crippen LogP contribution in [0.4, 0.5) is 5.69 Å². The number of benzene rings is 2. The zero-order valence-corrected chi connectivity index (χ0v) is 16.7. The summed E-state index contributed by atoms with van der Waals surface area (Å²) in [6, 6.07) is 14.5. The molecule has 0 unspecified atom stereocenters. The number of hydrogen-bond donors (Lipinski definition) is 2. The summed E-state index contributed by atoms with van der Waals surface area (Å²) >= 11 is 11.6. The van der Waals surface area contributed by atoms with Crippen LogP contribution in [0.15, 0.2) is 65.7 Å². The first-order valence-electron chi connectivity index (χ1n) is 8.05. The molecular formula is C19H15Cl2N3O3S. The number of halogens is 2. The lowest BCUT2D eigenvalue weighted by Crippen LogP contribution is -2.17. The van der Waals surface area contributed by atoms with E-state index in [4.69, 9.17) is 28.3 Å². The summed E-state index contributed by atoms with van der Waals surface area (Å²) in [4.78, 5) is 16.1. The maximum absolute atomic E-state index is 12.3. The number of nitrogens with one attached hydrogen (secondary N) is 1. The first-order chi connectivity index (χ1) is 13.2. The van der Waals surface area contributed by atoms with Crippen LogP contribution in [0.25, 0.3) is 11.1 Å². The Bertz CT molecular complexity index is 1120. The average molecular weight is 436 g/mol. The molecule has 0 atom stereocenters. The van der Waals surface area contributed by atoms with Gasteiger partial charge in [0.25, 0.3) is 0 Å². The molecule has 0 bridgehead atoms. The third-order valence-corrected chi connectivity index (χ3v) is 5.31. The highest BCUT2D eigenvalue weighted by atomic mass is 35.5. The first-order valence-corrected chi connectivity index (χ1v) is 10.4. The molecule has 9 heteroatoms. The largest absolute Gasteiger partial charge is 0.326 e. The van der Waals surface area contributed by atoms with Gasteiger partial charge in [0.1, 0.15) is 5.15 Å². The number of amides is 1. The van der Waals surface area contributed by atoms with E-state index in [0.717, 1.165) is 5.56 Å². The Morgan fingerprint density at radius 2 is 1.75 bits per heavy atom. The van der Waals surface area contributed by atoms with Crippen molar-refractivity contribution in [3.63, 3.8) is 0 Å². The number of carbonyl (C=O) groups is 1. The fraction of sp³-hybridized carbons (Fsp3) is 0.0526. The van der Waals surface area contributed by atoms with Gasteiger partial charge >= 0.3 is 0 Å². The number of rotatable bonds is 5. The van der Waals surface area contributed by atoms with E-state index in [1.807, 2.05) is 0 Å². The maximum Gasteiger partial charge on any atom is 0.238 e. The van der Waals surface area contributed by atoms with E-state index in [2.05, 4.69) is 10.3 Å². The molecule has 6 nitrogen and oxygen atoms in total. The zero-order chi connectivity index (χ0) is 20.3. The van der Waals surface area contributed by atoms with Crippen molar-refractivity contribution in [3.05, 3.63) is 76.5 Å². The smallest absolute Gasteiger partial charge is 0.238 e. The molecule has 0 spiro atoms. The fourth-order valence-electron chi connectivity index (χ4n) is 2.60. The summed E-state index contributed by atoms with van der Waals surface area (Å²) in [5.74, 6) is -0.302. The molecule has 3 aromatic rings. The fourth-order valence-corrected chi connectivity index (χ4v) is 3.62. The molecule has 0 aliphatic heterocycles. The number of aromatic nitrogens is 1. The third kappa shape index (κ3) is 5.08. The van der Waals surface area contributed by atoms with Crippen LogP contribution in [-0.2, 0) is 21.2 Å². The Kier molecular flexibility index (Phi) is 6.00. The molecule has 3 N–H and O–H groups in total. The third-order valence-electron chi connectivity index (χ3n) is 3.89. The number of anilines is 1. The number of sulfonamides is 1. The highest BCUT2D eigenvalue weighted by Gasteiger charge is 2.17. The van der Waals surface area contributed by atoms with Crippen molar-refractivity contribution in [1.82, 2.24) is 4.98 Å². The van der Waals surface area contributed by atoms with Crippen molar-refractivity contribution in [1.29, 1.82) is 0 Å². The Labute approximate surface area is 172 Å².